The minimum Gasteiger partial charge on any atom is -0.447 e. The van der Waals surface area contributed by atoms with E-state index in [2.05, 4.69) is 0 Å². The second-order valence-corrected chi connectivity index (χ2v) is 5.04. The van der Waals surface area contributed by atoms with E-state index in [1.54, 1.807) is 11.0 Å². The molecule has 1 heterocycles. The monoisotopic (exact) mass is 281 g/mol. The quantitative estimate of drug-likeness (QED) is 0.927. The molecule has 1 aromatic carbocycles. The van der Waals surface area contributed by atoms with Crippen LogP contribution in [0.4, 0.5) is 9.18 Å². The van der Waals surface area contributed by atoms with E-state index < -0.39 is 6.09 Å². The number of halogens is 1. The van der Waals surface area contributed by atoms with E-state index in [-0.39, 0.29) is 25.1 Å². The maximum atomic E-state index is 13.2. The molecule has 4 nitrogen and oxygen atoms in total. The van der Waals surface area contributed by atoms with Gasteiger partial charge in [-0.05, 0) is 49.4 Å². The van der Waals surface area contributed by atoms with Crippen molar-refractivity contribution in [1.29, 1.82) is 0 Å². The van der Waals surface area contributed by atoms with Crippen LogP contribution in [-0.2, 0) is 4.74 Å². The van der Waals surface area contributed by atoms with E-state index in [1.165, 1.54) is 12.1 Å². The van der Waals surface area contributed by atoms with Crippen LogP contribution < -0.4 is 0 Å². The number of hydrogen-bond acceptors (Lipinski definition) is 3. The number of rotatable bonds is 3. The van der Waals surface area contributed by atoms with Gasteiger partial charge in [-0.1, -0.05) is 6.07 Å². The number of nitrogens with zero attached hydrogens (tertiary/aromatic N) is 1. The Labute approximate surface area is 118 Å². The molecular formula is C15H20FNO3. The molecule has 1 unspecified atom stereocenters. The maximum absolute atomic E-state index is 13.2. The van der Waals surface area contributed by atoms with Crippen molar-refractivity contribution in [1.82, 2.24) is 4.90 Å². The van der Waals surface area contributed by atoms with Gasteiger partial charge in [-0.2, -0.15) is 0 Å². The molecule has 0 aromatic heterocycles. The first-order chi connectivity index (χ1) is 9.63. The Kier molecular flexibility index (Phi) is 4.95. The molecule has 1 aliphatic heterocycles. The second kappa shape index (κ2) is 6.70. The van der Waals surface area contributed by atoms with Crippen LogP contribution in [0, 0.1) is 12.7 Å². The summed E-state index contributed by atoms with van der Waals surface area (Å²) in [6.45, 7) is 2.31. The second-order valence-electron chi connectivity index (χ2n) is 5.04. The van der Waals surface area contributed by atoms with Crippen LogP contribution in [0.1, 0.15) is 36.4 Å². The number of benzene rings is 1. The topological polar surface area (TPSA) is 49.8 Å². The van der Waals surface area contributed by atoms with Crippen molar-refractivity contribution < 1.29 is 19.0 Å². The molecular weight excluding hydrogens is 261 g/mol. The number of aliphatic hydroxyl groups excluding tert-OH is 1. The Hall–Kier alpha value is -1.62. The summed E-state index contributed by atoms with van der Waals surface area (Å²) < 4.78 is 18.2. The van der Waals surface area contributed by atoms with Crippen LogP contribution in [0.2, 0.25) is 0 Å². The molecule has 1 atom stereocenters. The number of carbonyl (C=O) groups is 1. The van der Waals surface area contributed by atoms with Crippen molar-refractivity contribution in [2.24, 2.45) is 0 Å². The van der Waals surface area contributed by atoms with Crippen LogP contribution in [0.15, 0.2) is 18.2 Å². The van der Waals surface area contributed by atoms with E-state index in [0.717, 1.165) is 30.4 Å². The molecule has 1 aliphatic rings. The highest BCUT2D eigenvalue weighted by Gasteiger charge is 2.29. The smallest absolute Gasteiger partial charge is 0.410 e. The van der Waals surface area contributed by atoms with Gasteiger partial charge in [0, 0.05) is 6.54 Å². The predicted octanol–water partition coefficient (Wildman–Crippen LogP) is 2.79. The van der Waals surface area contributed by atoms with Gasteiger partial charge in [-0.25, -0.2) is 9.18 Å². The average Bonchev–Trinajstić information content (AvgIpc) is 2.45. The minimum absolute atomic E-state index is 0.00442. The van der Waals surface area contributed by atoms with Crippen LogP contribution in [0.3, 0.4) is 0 Å². The van der Waals surface area contributed by atoms with Crippen molar-refractivity contribution in [3.63, 3.8) is 0 Å². The number of hydrogen-bond donors (Lipinski definition) is 1. The predicted molar refractivity (Wildman–Crippen MR) is 72.9 cm³/mol. The SMILES string of the molecule is Cc1cc(F)ccc1C1CCCCN1C(=O)OCCO. The van der Waals surface area contributed by atoms with Crippen molar-refractivity contribution in [2.75, 3.05) is 19.8 Å². The van der Waals surface area contributed by atoms with Gasteiger partial charge in [0.15, 0.2) is 0 Å². The van der Waals surface area contributed by atoms with Gasteiger partial charge in [0.05, 0.1) is 12.6 Å². The van der Waals surface area contributed by atoms with Crippen LogP contribution >= 0.6 is 0 Å². The zero-order valence-corrected chi connectivity index (χ0v) is 11.6. The number of piperidine rings is 1. The Morgan fingerprint density at radius 2 is 2.30 bits per heavy atom. The Bertz CT molecular complexity index is 478. The largest absolute Gasteiger partial charge is 0.447 e. The first-order valence-electron chi connectivity index (χ1n) is 6.94. The highest BCUT2D eigenvalue weighted by molar-refractivity contribution is 5.68. The molecule has 1 N–H and O–H groups in total. The summed E-state index contributed by atoms with van der Waals surface area (Å²) in [7, 11) is 0. The molecule has 5 heteroatoms. The first-order valence-corrected chi connectivity index (χ1v) is 6.94. The van der Waals surface area contributed by atoms with E-state index in [9.17, 15) is 9.18 Å². The van der Waals surface area contributed by atoms with E-state index >= 15 is 0 Å². The number of amides is 1. The normalized spacial score (nSPS) is 18.9. The fourth-order valence-corrected chi connectivity index (χ4v) is 2.70. The summed E-state index contributed by atoms with van der Waals surface area (Å²) in [5, 5.41) is 8.73. The lowest BCUT2D eigenvalue weighted by molar-refractivity contribution is 0.0603. The summed E-state index contributed by atoms with van der Waals surface area (Å²) >= 11 is 0. The molecule has 20 heavy (non-hydrogen) atoms. The van der Waals surface area contributed by atoms with Crippen molar-refractivity contribution >= 4 is 6.09 Å². The molecule has 0 aliphatic carbocycles. The molecule has 1 aromatic rings. The van der Waals surface area contributed by atoms with Gasteiger partial charge in [0.2, 0.25) is 0 Å². The molecule has 1 fully saturated rings. The van der Waals surface area contributed by atoms with Gasteiger partial charge in [0.25, 0.3) is 0 Å². The first kappa shape index (κ1) is 14.8. The molecule has 0 radical (unpaired) electrons. The molecule has 0 saturated carbocycles. The summed E-state index contributed by atoms with van der Waals surface area (Å²) in [6, 6.07) is 4.58. The van der Waals surface area contributed by atoms with Crippen molar-refractivity contribution in [2.45, 2.75) is 32.2 Å². The molecule has 0 bridgehead atoms. The van der Waals surface area contributed by atoms with Crippen LogP contribution in [-0.4, -0.2) is 35.9 Å². The lowest BCUT2D eigenvalue weighted by atomic mass is 9.92. The average molecular weight is 281 g/mol. The Morgan fingerprint density at radius 3 is 3.00 bits per heavy atom. The maximum Gasteiger partial charge on any atom is 0.410 e. The third-order valence-corrected chi connectivity index (χ3v) is 3.64. The van der Waals surface area contributed by atoms with Gasteiger partial charge in [0.1, 0.15) is 12.4 Å². The molecule has 110 valence electrons. The van der Waals surface area contributed by atoms with E-state index in [0.29, 0.717) is 6.54 Å². The number of carbonyl (C=O) groups excluding carboxylic acids is 1. The summed E-state index contributed by atoms with van der Waals surface area (Å²) in [6.07, 6.45) is 2.41. The van der Waals surface area contributed by atoms with Crippen LogP contribution in [0.5, 0.6) is 0 Å². The molecule has 1 amide bonds. The zero-order chi connectivity index (χ0) is 14.5. The minimum atomic E-state index is -0.410. The fourth-order valence-electron chi connectivity index (χ4n) is 2.70. The third kappa shape index (κ3) is 3.28. The molecule has 2 rings (SSSR count). The van der Waals surface area contributed by atoms with Crippen molar-refractivity contribution in [3.8, 4) is 0 Å². The third-order valence-electron chi connectivity index (χ3n) is 3.64. The summed E-state index contributed by atoms with van der Waals surface area (Å²) in [5.74, 6) is -0.267. The summed E-state index contributed by atoms with van der Waals surface area (Å²) in [4.78, 5) is 13.7. The standard InChI is InChI=1S/C15H20FNO3/c1-11-10-12(16)5-6-13(11)14-4-2-3-7-17(14)15(19)20-9-8-18/h5-6,10,14,18H,2-4,7-9H2,1H3. The number of ether oxygens (including phenoxy) is 1. The number of aryl methyl sites for hydroxylation is 1. The van der Waals surface area contributed by atoms with Crippen molar-refractivity contribution in [3.05, 3.63) is 35.1 Å². The molecule has 0 spiro atoms. The Morgan fingerprint density at radius 1 is 1.50 bits per heavy atom. The zero-order valence-electron chi connectivity index (χ0n) is 11.6. The fraction of sp³-hybridized carbons (Fsp3) is 0.533. The van der Waals surface area contributed by atoms with Crippen LogP contribution in [0.25, 0.3) is 0 Å². The van der Waals surface area contributed by atoms with Gasteiger partial charge in [-0.3, -0.25) is 0 Å². The van der Waals surface area contributed by atoms with Gasteiger partial charge < -0.3 is 14.7 Å². The van der Waals surface area contributed by atoms with E-state index in [4.69, 9.17) is 9.84 Å². The number of aliphatic hydroxyl groups is 1. The highest BCUT2D eigenvalue weighted by atomic mass is 19.1. The lowest BCUT2D eigenvalue weighted by Gasteiger charge is -2.35. The van der Waals surface area contributed by atoms with E-state index in [1.807, 2.05) is 6.92 Å². The number of likely N-dealkylation sites (tertiary alicyclic amines) is 1. The van der Waals surface area contributed by atoms with Gasteiger partial charge in [-0.15, -0.1) is 0 Å². The molecule has 1 saturated heterocycles. The lowest BCUT2D eigenvalue weighted by Crippen LogP contribution is -2.39. The Balaban J connectivity index is 2.19. The highest BCUT2D eigenvalue weighted by Crippen LogP contribution is 2.33. The summed E-state index contributed by atoms with van der Waals surface area (Å²) in [5.41, 5.74) is 1.81. The van der Waals surface area contributed by atoms with Gasteiger partial charge >= 0.3 is 6.09 Å².